The summed E-state index contributed by atoms with van der Waals surface area (Å²) in [6.45, 7) is 6.32. The fourth-order valence-corrected chi connectivity index (χ4v) is 2.78. The molecule has 1 saturated heterocycles. The van der Waals surface area contributed by atoms with Gasteiger partial charge in [-0.05, 0) is 31.1 Å². The molecule has 0 aromatic heterocycles. The molecule has 0 spiro atoms. The van der Waals surface area contributed by atoms with Crippen molar-refractivity contribution in [3.05, 3.63) is 0 Å². The number of carboxylic acid groups (broad SMARTS) is 1. The summed E-state index contributed by atoms with van der Waals surface area (Å²) in [7, 11) is 0. The summed E-state index contributed by atoms with van der Waals surface area (Å²) in [5, 5.41) is 11.8. The van der Waals surface area contributed by atoms with Crippen molar-refractivity contribution in [1.82, 2.24) is 10.2 Å². The highest BCUT2D eigenvalue weighted by atomic mass is 16.4. The van der Waals surface area contributed by atoms with Gasteiger partial charge in [0.1, 0.15) is 0 Å². The average Bonchev–Trinajstić information content (AvgIpc) is 2.43. The van der Waals surface area contributed by atoms with Gasteiger partial charge in [0.25, 0.3) is 0 Å². The summed E-state index contributed by atoms with van der Waals surface area (Å²) in [6.07, 6.45) is 5.49. The molecule has 0 bridgehead atoms. The summed E-state index contributed by atoms with van der Waals surface area (Å²) in [6, 6.07) is 0.00771. The van der Waals surface area contributed by atoms with Crippen LogP contribution < -0.4 is 5.32 Å². The Balaban J connectivity index is 2.35. The molecule has 2 unspecified atom stereocenters. The molecular formula is C15H28N2O3. The van der Waals surface area contributed by atoms with Gasteiger partial charge in [0.2, 0.25) is 0 Å². The molecule has 0 radical (unpaired) electrons. The second kappa shape index (κ2) is 8.82. The second-order valence-corrected chi connectivity index (χ2v) is 5.86. The largest absolute Gasteiger partial charge is 0.481 e. The minimum atomic E-state index is -0.751. The molecule has 1 fully saturated rings. The Bertz CT molecular complexity index is 320. The van der Waals surface area contributed by atoms with Crippen LogP contribution in [0.5, 0.6) is 0 Å². The number of piperidine rings is 1. The van der Waals surface area contributed by atoms with Crippen LogP contribution in [0.25, 0.3) is 0 Å². The monoisotopic (exact) mass is 284 g/mol. The molecule has 0 saturated carbocycles. The molecule has 2 N–H and O–H groups in total. The Morgan fingerprint density at radius 2 is 2.15 bits per heavy atom. The lowest BCUT2D eigenvalue weighted by molar-refractivity contribution is -0.138. The summed E-state index contributed by atoms with van der Waals surface area (Å²) in [4.78, 5) is 24.7. The molecule has 20 heavy (non-hydrogen) atoms. The van der Waals surface area contributed by atoms with E-state index in [4.69, 9.17) is 5.11 Å². The van der Waals surface area contributed by atoms with Crippen LogP contribution in [0, 0.1) is 11.8 Å². The normalized spacial score (nSPS) is 20.5. The summed E-state index contributed by atoms with van der Waals surface area (Å²) >= 11 is 0. The Hall–Kier alpha value is -1.26. The zero-order valence-electron chi connectivity index (χ0n) is 12.7. The number of likely N-dealkylation sites (tertiary alicyclic amines) is 1. The van der Waals surface area contributed by atoms with Gasteiger partial charge in [-0.1, -0.05) is 26.7 Å². The van der Waals surface area contributed by atoms with Crippen molar-refractivity contribution in [3.8, 4) is 0 Å². The third-order valence-electron chi connectivity index (χ3n) is 4.10. The zero-order chi connectivity index (χ0) is 15.0. The van der Waals surface area contributed by atoms with Gasteiger partial charge in [0.15, 0.2) is 0 Å². The molecule has 1 rings (SSSR count). The lowest BCUT2D eigenvalue weighted by Gasteiger charge is -2.35. The number of nitrogens with one attached hydrogen (secondary N) is 1. The maximum Gasteiger partial charge on any atom is 0.317 e. The van der Waals surface area contributed by atoms with E-state index in [1.165, 1.54) is 0 Å². The van der Waals surface area contributed by atoms with Crippen molar-refractivity contribution in [3.63, 3.8) is 0 Å². The van der Waals surface area contributed by atoms with Gasteiger partial charge in [-0.3, -0.25) is 4.79 Å². The van der Waals surface area contributed by atoms with Crippen molar-refractivity contribution in [2.24, 2.45) is 11.8 Å². The number of unbranched alkanes of at least 4 members (excludes halogenated alkanes) is 2. The van der Waals surface area contributed by atoms with Crippen molar-refractivity contribution < 1.29 is 14.7 Å². The van der Waals surface area contributed by atoms with E-state index in [1.807, 2.05) is 11.8 Å². The number of carboxylic acids is 1. The average molecular weight is 284 g/mol. The smallest absolute Gasteiger partial charge is 0.317 e. The van der Waals surface area contributed by atoms with Crippen LogP contribution in [0.15, 0.2) is 0 Å². The maximum absolute atomic E-state index is 12.1. The fraction of sp³-hybridized carbons (Fsp3) is 0.867. The minimum Gasteiger partial charge on any atom is -0.481 e. The summed E-state index contributed by atoms with van der Waals surface area (Å²) in [5.74, 6) is -0.317. The third kappa shape index (κ3) is 5.80. The van der Waals surface area contributed by atoms with E-state index in [9.17, 15) is 9.59 Å². The molecule has 1 aliphatic heterocycles. The van der Waals surface area contributed by atoms with E-state index >= 15 is 0 Å². The molecular weight excluding hydrogens is 256 g/mol. The molecule has 1 heterocycles. The number of nitrogens with zero attached hydrogens (tertiary/aromatic N) is 1. The fourth-order valence-electron chi connectivity index (χ4n) is 2.78. The molecule has 116 valence electrons. The first-order chi connectivity index (χ1) is 9.54. The highest BCUT2D eigenvalue weighted by Crippen LogP contribution is 2.26. The van der Waals surface area contributed by atoms with E-state index in [1.54, 1.807) is 0 Å². The van der Waals surface area contributed by atoms with Crippen LogP contribution in [-0.2, 0) is 4.79 Å². The first kappa shape index (κ1) is 16.8. The molecule has 5 heteroatoms. The lowest BCUT2D eigenvalue weighted by atomic mass is 9.85. The first-order valence-electron chi connectivity index (χ1n) is 7.79. The predicted octanol–water partition coefficient (Wildman–Crippen LogP) is 2.71. The van der Waals surface area contributed by atoms with Crippen molar-refractivity contribution in [2.45, 2.75) is 52.4 Å². The van der Waals surface area contributed by atoms with Gasteiger partial charge < -0.3 is 15.3 Å². The van der Waals surface area contributed by atoms with Gasteiger partial charge >= 0.3 is 12.0 Å². The number of amides is 2. The number of carbonyl (C=O) groups is 2. The van der Waals surface area contributed by atoms with Crippen molar-refractivity contribution in [2.75, 3.05) is 19.6 Å². The quantitative estimate of drug-likeness (QED) is 0.706. The summed E-state index contributed by atoms with van der Waals surface area (Å²) < 4.78 is 0. The number of urea groups is 1. The Labute approximate surface area is 121 Å². The van der Waals surface area contributed by atoms with E-state index in [0.29, 0.717) is 12.5 Å². The van der Waals surface area contributed by atoms with E-state index in [2.05, 4.69) is 12.2 Å². The number of hydrogen-bond donors (Lipinski definition) is 2. The van der Waals surface area contributed by atoms with Crippen LogP contribution in [0.3, 0.4) is 0 Å². The highest BCUT2D eigenvalue weighted by Gasteiger charge is 2.28. The van der Waals surface area contributed by atoms with Crippen molar-refractivity contribution >= 4 is 12.0 Å². The van der Waals surface area contributed by atoms with Crippen LogP contribution in [-0.4, -0.2) is 41.6 Å². The Morgan fingerprint density at radius 1 is 1.40 bits per heavy atom. The predicted molar refractivity (Wildman–Crippen MR) is 78.6 cm³/mol. The number of aliphatic carboxylic acids is 1. The lowest BCUT2D eigenvalue weighted by Crippen LogP contribution is -2.47. The second-order valence-electron chi connectivity index (χ2n) is 5.86. The molecule has 5 nitrogen and oxygen atoms in total. The van der Waals surface area contributed by atoms with Gasteiger partial charge in [-0.15, -0.1) is 0 Å². The van der Waals surface area contributed by atoms with Gasteiger partial charge in [-0.2, -0.15) is 0 Å². The Kier molecular flexibility index (Phi) is 7.41. The van der Waals surface area contributed by atoms with Gasteiger partial charge in [0, 0.05) is 26.1 Å². The molecule has 2 amide bonds. The number of hydrogen-bond acceptors (Lipinski definition) is 2. The van der Waals surface area contributed by atoms with Crippen LogP contribution in [0.1, 0.15) is 52.4 Å². The van der Waals surface area contributed by atoms with E-state index < -0.39 is 5.97 Å². The zero-order valence-corrected chi connectivity index (χ0v) is 12.7. The van der Waals surface area contributed by atoms with E-state index in [0.717, 1.165) is 45.2 Å². The van der Waals surface area contributed by atoms with Crippen LogP contribution in [0.2, 0.25) is 0 Å². The number of rotatable bonds is 7. The van der Waals surface area contributed by atoms with Gasteiger partial charge in [-0.25, -0.2) is 4.79 Å². The maximum atomic E-state index is 12.1. The third-order valence-corrected chi connectivity index (χ3v) is 4.10. The van der Waals surface area contributed by atoms with Crippen LogP contribution >= 0.6 is 0 Å². The van der Waals surface area contributed by atoms with Gasteiger partial charge in [0.05, 0.1) is 0 Å². The standard InChI is InChI=1S/C15H28N2O3/c1-3-4-5-8-16-15(20)17-9-6-7-13(11-17)12(2)10-14(18)19/h12-13H,3-11H2,1-2H3,(H,16,20)(H,18,19). The van der Waals surface area contributed by atoms with Crippen LogP contribution in [0.4, 0.5) is 4.79 Å². The molecule has 2 atom stereocenters. The Morgan fingerprint density at radius 3 is 2.80 bits per heavy atom. The first-order valence-corrected chi connectivity index (χ1v) is 7.79. The SMILES string of the molecule is CCCCCNC(=O)N1CCCC(C(C)CC(=O)O)C1. The highest BCUT2D eigenvalue weighted by molar-refractivity contribution is 5.74. The summed E-state index contributed by atoms with van der Waals surface area (Å²) in [5.41, 5.74) is 0. The molecule has 0 aromatic rings. The molecule has 0 aromatic carbocycles. The molecule has 1 aliphatic rings. The van der Waals surface area contributed by atoms with E-state index in [-0.39, 0.29) is 18.4 Å². The van der Waals surface area contributed by atoms with Crippen molar-refractivity contribution in [1.29, 1.82) is 0 Å². The minimum absolute atomic E-state index is 0.00771. The molecule has 0 aliphatic carbocycles. The topological polar surface area (TPSA) is 69.6 Å². The number of carbonyl (C=O) groups excluding carboxylic acids is 1.